The number of carbonyl (C=O) groups is 1. The van der Waals surface area contributed by atoms with Crippen LogP contribution in [-0.2, 0) is 6.42 Å². The number of imidazole rings is 1. The molecule has 0 atom stereocenters. The van der Waals surface area contributed by atoms with E-state index in [0.29, 0.717) is 23.5 Å². The van der Waals surface area contributed by atoms with Crippen molar-refractivity contribution in [1.29, 1.82) is 0 Å². The molecule has 2 heterocycles. The predicted octanol–water partition coefficient (Wildman–Crippen LogP) is 4.42. The minimum absolute atomic E-state index is 0.166. The highest BCUT2D eigenvalue weighted by atomic mass is 16.5. The first-order valence-electron chi connectivity index (χ1n) is 9.67. The van der Waals surface area contributed by atoms with Crippen molar-refractivity contribution in [2.75, 3.05) is 7.11 Å². The predicted molar refractivity (Wildman–Crippen MR) is 113 cm³/mol. The van der Waals surface area contributed by atoms with Crippen LogP contribution in [0.2, 0.25) is 0 Å². The van der Waals surface area contributed by atoms with E-state index in [9.17, 15) is 4.79 Å². The summed E-state index contributed by atoms with van der Waals surface area (Å²) in [6.45, 7) is 2.00. The summed E-state index contributed by atoms with van der Waals surface area (Å²) in [5.74, 6) is 0.476. The van der Waals surface area contributed by atoms with E-state index in [2.05, 4.69) is 10.3 Å². The smallest absolute Gasteiger partial charge is 0.270 e. The van der Waals surface area contributed by atoms with Crippen LogP contribution in [0, 0.1) is 0 Å². The molecular formula is C24H23N3O2. The molecule has 5 heteroatoms. The van der Waals surface area contributed by atoms with Gasteiger partial charge in [0.05, 0.1) is 18.8 Å². The lowest BCUT2D eigenvalue weighted by atomic mass is 9.98. The van der Waals surface area contributed by atoms with Gasteiger partial charge >= 0.3 is 0 Å². The topological polar surface area (TPSA) is 55.6 Å². The molecule has 0 saturated carbocycles. The average molecular weight is 385 g/mol. The summed E-state index contributed by atoms with van der Waals surface area (Å²) in [7, 11) is 1.61. The van der Waals surface area contributed by atoms with Crippen LogP contribution in [0.15, 0.2) is 79.0 Å². The van der Waals surface area contributed by atoms with Crippen LogP contribution in [0.25, 0.3) is 5.65 Å². The van der Waals surface area contributed by atoms with Crippen molar-refractivity contribution in [2.45, 2.75) is 19.4 Å². The van der Waals surface area contributed by atoms with E-state index >= 15 is 0 Å². The van der Waals surface area contributed by atoms with E-state index < -0.39 is 0 Å². The quantitative estimate of drug-likeness (QED) is 0.534. The zero-order chi connectivity index (χ0) is 20.2. The molecule has 4 rings (SSSR count). The van der Waals surface area contributed by atoms with Crippen molar-refractivity contribution in [3.63, 3.8) is 0 Å². The number of carbonyl (C=O) groups excluding carboxylic acids is 1. The van der Waals surface area contributed by atoms with E-state index in [4.69, 9.17) is 4.74 Å². The number of amides is 1. The van der Waals surface area contributed by atoms with Crippen molar-refractivity contribution in [3.8, 4) is 5.75 Å². The number of fused-ring (bicyclic) bond motifs is 1. The van der Waals surface area contributed by atoms with Gasteiger partial charge in [0.15, 0.2) is 11.4 Å². The largest absolute Gasteiger partial charge is 0.493 e. The van der Waals surface area contributed by atoms with Crippen LogP contribution < -0.4 is 10.1 Å². The third-order valence-electron chi connectivity index (χ3n) is 5.00. The molecule has 0 aliphatic heterocycles. The Morgan fingerprint density at radius 1 is 1.00 bits per heavy atom. The van der Waals surface area contributed by atoms with Crippen LogP contribution in [0.1, 0.15) is 40.3 Å². The van der Waals surface area contributed by atoms with E-state index in [1.54, 1.807) is 11.5 Å². The summed E-state index contributed by atoms with van der Waals surface area (Å²) < 4.78 is 7.23. The Bertz CT molecular complexity index is 1080. The Hall–Kier alpha value is -3.60. The zero-order valence-electron chi connectivity index (χ0n) is 16.5. The van der Waals surface area contributed by atoms with Crippen molar-refractivity contribution < 1.29 is 9.53 Å². The van der Waals surface area contributed by atoms with Crippen LogP contribution in [0.3, 0.4) is 0 Å². The van der Waals surface area contributed by atoms with Gasteiger partial charge in [-0.1, -0.05) is 67.6 Å². The molecule has 2 aromatic heterocycles. The highest BCUT2D eigenvalue weighted by Crippen LogP contribution is 2.25. The zero-order valence-corrected chi connectivity index (χ0v) is 16.5. The lowest BCUT2D eigenvalue weighted by molar-refractivity contribution is 0.0936. The number of hydrogen-bond acceptors (Lipinski definition) is 3. The number of pyridine rings is 1. The second kappa shape index (κ2) is 8.19. The monoisotopic (exact) mass is 385 g/mol. The fourth-order valence-electron chi connectivity index (χ4n) is 3.59. The maximum atomic E-state index is 13.4. The minimum Gasteiger partial charge on any atom is -0.493 e. The van der Waals surface area contributed by atoms with Gasteiger partial charge in [-0.25, -0.2) is 4.98 Å². The first-order valence-corrected chi connectivity index (χ1v) is 9.67. The average Bonchev–Trinajstić information content (AvgIpc) is 3.17. The van der Waals surface area contributed by atoms with Gasteiger partial charge in [0, 0.05) is 6.20 Å². The fraction of sp³-hybridized carbons (Fsp3) is 0.167. The number of hydrogen-bond donors (Lipinski definition) is 1. The normalized spacial score (nSPS) is 11.0. The number of benzene rings is 2. The lowest BCUT2D eigenvalue weighted by Crippen LogP contribution is -2.31. The molecule has 0 unspecified atom stereocenters. The molecule has 29 heavy (non-hydrogen) atoms. The standard InChI is InChI=1S/C24H23N3O2/c1-3-19-22(27-16-10-15-20(29-2)23(27)25-19)24(28)26-21(17-11-6-4-7-12-17)18-13-8-5-9-14-18/h4-16,21H,3H2,1-2H3,(H,26,28). The maximum absolute atomic E-state index is 13.4. The number of nitrogens with zero attached hydrogens (tertiary/aromatic N) is 2. The van der Waals surface area contributed by atoms with Crippen LogP contribution >= 0.6 is 0 Å². The van der Waals surface area contributed by atoms with Gasteiger partial charge in [-0.2, -0.15) is 0 Å². The molecule has 0 saturated heterocycles. The lowest BCUT2D eigenvalue weighted by Gasteiger charge is -2.20. The number of aromatic nitrogens is 2. The van der Waals surface area contributed by atoms with E-state index in [0.717, 1.165) is 16.8 Å². The molecular weight excluding hydrogens is 362 g/mol. The van der Waals surface area contributed by atoms with Gasteiger partial charge in [-0.15, -0.1) is 0 Å². The number of rotatable bonds is 6. The second-order valence-corrected chi connectivity index (χ2v) is 6.76. The Morgan fingerprint density at radius 3 is 2.17 bits per heavy atom. The summed E-state index contributed by atoms with van der Waals surface area (Å²) >= 11 is 0. The first kappa shape index (κ1) is 18.7. The first-order chi connectivity index (χ1) is 14.2. The molecule has 4 aromatic rings. The van der Waals surface area contributed by atoms with Gasteiger partial charge in [0.25, 0.3) is 5.91 Å². The third-order valence-corrected chi connectivity index (χ3v) is 5.00. The summed E-state index contributed by atoms with van der Waals surface area (Å²) in [6, 6.07) is 23.4. The van der Waals surface area contributed by atoms with Crippen molar-refractivity contribution >= 4 is 11.6 Å². The van der Waals surface area contributed by atoms with Crippen molar-refractivity contribution in [2.24, 2.45) is 0 Å². The van der Waals surface area contributed by atoms with Gasteiger partial charge in [-0.3, -0.25) is 9.20 Å². The third kappa shape index (κ3) is 3.59. The SMILES string of the molecule is CCc1nc2c(OC)cccn2c1C(=O)NC(c1ccccc1)c1ccccc1. The second-order valence-electron chi connectivity index (χ2n) is 6.76. The van der Waals surface area contributed by atoms with Gasteiger partial charge < -0.3 is 10.1 Å². The number of nitrogens with one attached hydrogen (secondary N) is 1. The summed E-state index contributed by atoms with van der Waals surface area (Å²) in [5, 5.41) is 3.22. The molecule has 1 N–H and O–H groups in total. The Morgan fingerprint density at radius 2 is 1.62 bits per heavy atom. The van der Waals surface area contributed by atoms with E-state index in [-0.39, 0.29) is 11.9 Å². The molecule has 0 aliphatic carbocycles. The molecule has 5 nitrogen and oxygen atoms in total. The Balaban J connectivity index is 1.77. The summed E-state index contributed by atoms with van der Waals surface area (Å²) in [5.41, 5.74) is 3.98. The molecule has 0 spiro atoms. The van der Waals surface area contributed by atoms with Crippen LogP contribution in [0.4, 0.5) is 0 Å². The van der Waals surface area contributed by atoms with Gasteiger partial charge in [-0.05, 0) is 29.7 Å². The van der Waals surface area contributed by atoms with E-state index in [1.807, 2.05) is 85.9 Å². The maximum Gasteiger partial charge on any atom is 0.270 e. The molecule has 0 bridgehead atoms. The Labute approximate surface area is 170 Å². The molecule has 0 fully saturated rings. The minimum atomic E-state index is -0.259. The molecule has 0 radical (unpaired) electrons. The van der Waals surface area contributed by atoms with E-state index in [1.165, 1.54) is 0 Å². The highest BCUT2D eigenvalue weighted by Gasteiger charge is 2.24. The molecule has 0 aliphatic rings. The van der Waals surface area contributed by atoms with Gasteiger partial charge in [0.2, 0.25) is 0 Å². The molecule has 1 amide bonds. The Kier molecular flexibility index (Phi) is 5.29. The highest BCUT2D eigenvalue weighted by molar-refractivity contribution is 5.95. The van der Waals surface area contributed by atoms with Crippen molar-refractivity contribution in [1.82, 2.24) is 14.7 Å². The number of methoxy groups -OCH3 is 1. The fourth-order valence-corrected chi connectivity index (χ4v) is 3.59. The van der Waals surface area contributed by atoms with Crippen LogP contribution in [0.5, 0.6) is 5.75 Å². The van der Waals surface area contributed by atoms with Crippen molar-refractivity contribution in [3.05, 3.63) is 102 Å². The number of ether oxygens (including phenoxy) is 1. The van der Waals surface area contributed by atoms with Gasteiger partial charge in [0.1, 0.15) is 5.69 Å². The number of aryl methyl sites for hydroxylation is 1. The summed E-state index contributed by atoms with van der Waals surface area (Å²) in [6.07, 6.45) is 2.49. The summed E-state index contributed by atoms with van der Waals surface area (Å²) in [4.78, 5) is 18.1. The van der Waals surface area contributed by atoms with Crippen LogP contribution in [-0.4, -0.2) is 22.4 Å². The molecule has 2 aromatic carbocycles. The molecule has 146 valence electrons.